The highest BCUT2D eigenvalue weighted by molar-refractivity contribution is 5.77. The fourth-order valence-electron chi connectivity index (χ4n) is 1.83. The predicted molar refractivity (Wildman–Crippen MR) is 73.0 cm³/mol. The van der Waals surface area contributed by atoms with Gasteiger partial charge in [0.1, 0.15) is 6.61 Å². The molecule has 0 saturated carbocycles. The molecule has 1 rings (SSSR count). The Morgan fingerprint density at radius 3 is 2.56 bits per heavy atom. The van der Waals surface area contributed by atoms with Crippen LogP contribution in [0.5, 0.6) is 0 Å². The van der Waals surface area contributed by atoms with Crippen LogP contribution in [-0.2, 0) is 9.53 Å². The van der Waals surface area contributed by atoms with Gasteiger partial charge in [0.05, 0.1) is 6.10 Å². The van der Waals surface area contributed by atoms with Crippen LogP contribution in [-0.4, -0.2) is 36.6 Å². The number of rotatable bonds is 3. The van der Waals surface area contributed by atoms with Gasteiger partial charge in [-0.2, -0.15) is 0 Å². The molecule has 0 bridgehead atoms. The van der Waals surface area contributed by atoms with E-state index in [4.69, 9.17) is 4.74 Å². The number of hydrogen-bond donors (Lipinski definition) is 0. The Morgan fingerprint density at radius 2 is 2.06 bits per heavy atom. The molecule has 0 aromatic rings. The lowest BCUT2D eigenvalue weighted by atomic mass is 9.97. The second kappa shape index (κ2) is 7.23. The zero-order valence-corrected chi connectivity index (χ0v) is 11.7. The third-order valence-corrected chi connectivity index (χ3v) is 2.88. The van der Waals surface area contributed by atoms with E-state index in [0.717, 1.165) is 31.5 Å². The van der Waals surface area contributed by atoms with Crippen molar-refractivity contribution in [1.82, 2.24) is 4.90 Å². The molecule has 0 N–H and O–H groups in total. The summed E-state index contributed by atoms with van der Waals surface area (Å²) < 4.78 is 5.33. The summed E-state index contributed by atoms with van der Waals surface area (Å²) in [6.45, 7) is 11.3. The maximum atomic E-state index is 11.8. The molecule has 0 aromatic heterocycles. The predicted octanol–water partition coefficient (Wildman–Crippen LogP) is 2.23. The molecular weight excluding hydrogens is 226 g/mol. The molecule has 18 heavy (non-hydrogen) atoms. The highest BCUT2D eigenvalue weighted by atomic mass is 16.5. The third kappa shape index (κ3) is 5.37. The van der Waals surface area contributed by atoms with Gasteiger partial charge in [-0.1, -0.05) is 18.4 Å². The summed E-state index contributed by atoms with van der Waals surface area (Å²) in [6.07, 6.45) is 2.01. The average Bonchev–Trinajstić information content (AvgIpc) is 2.34. The van der Waals surface area contributed by atoms with Crippen molar-refractivity contribution in [3.05, 3.63) is 12.2 Å². The van der Waals surface area contributed by atoms with Crippen molar-refractivity contribution in [3.63, 3.8) is 0 Å². The van der Waals surface area contributed by atoms with Gasteiger partial charge >= 0.3 is 0 Å². The van der Waals surface area contributed by atoms with Crippen LogP contribution in [0.25, 0.3) is 0 Å². The van der Waals surface area contributed by atoms with E-state index in [1.165, 1.54) is 0 Å². The van der Waals surface area contributed by atoms with Crippen molar-refractivity contribution in [2.45, 2.75) is 39.7 Å². The van der Waals surface area contributed by atoms with Crippen LogP contribution in [0, 0.1) is 17.8 Å². The Morgan fingerprint density at radius 1 is 1.44 bits per heavy atom. The van der Waals surface area contributed by atoms with Crippen molar-refractivity contribution in [3.8, 4) is 11.8 Å². The lowest BCUT2D eigenvalue weighted by Gasteiger charge is -2.30. The summed E-state index contributed by atoms with van der Waals surface area (Å²) in [5, 5.41) is 0. The van der Waals surface area contributed by atoms with Crippen molar-refractivity contribution < 1.29 is 9.53 Å². The second-order valence-electron chi connectivity index (χ2n) is 5.06. The smallest absolute Gasteiger partial charge is 0.248 e. The number of carbonyl (C=O) groups is 1. The maximum absolute atomic E-state index is 11.8. The Hall–Kier alpha value is -1.27. The lowest BCUT2D eigenvalue weighted by Crippen LogP contribution is -2.40. The highest BCUT2D eigenvalue weighted by Gasteiger charge is 2.21. The summed E-state index contributed by atoms with van der Waals surface area (Å²) in [7, 11) is 0. The summed E-state index contributed by atoms with van der Waals surface area (Å²) in [5.74, 6) is 6.73. The van der Waals surface area contributed by atoms with Crippen LogP contribution >= 0.6 is 0 Å². The molecule has 3 heteroatoms. The molecule has 0 radical (unpaired) electrons. The monoisotopic (exact) mass is 249 g/mol. The molecule has 0 aliphatic carbocycles. The van der Waals surface area contributed by atoms with Crippen molar-refractivity contribution >= 4 is 5.91 Å². The molecule has 1 amide bonds. The molecule has 1 fully saturated rings. The van der Waals surface area contributed by atoms with E-state index < -0.39 is 0 Å². The van der Waals surface area contributed by atoms with E-state index in [9.17, 15) is 4.79 Å². The number of hydrogen-bond acceptors (Lipinski definition) is 2. The SMILES string of the molecule is C=C(C)C#CC1CCN(C(=O)COC(C)C)CC1. The molecule has 1 heterocycles. The Balaban J connectivity index is 2.33. The molecule has 0 aromatic carbocycles. The largest absolute Gasteiger partial charge is 0.369 e. The van der Waals surface area contributed by atoms with Crippen LogP contribution in [0.1, 0.15) is 33.6 Å². The normalized spacial score (nSPS) is 16.3. The number of carbonyl (C=O) groups excluding carboxylic acids is 1. The molecule has 1 saturated heterocycles. The fourth-order valence-corrected chi connectivity index (χ4v) is 1.83. The highest BCUT2D eigenvalue weighted by Crippen LogP contribution is 2.16. The van der Waals surface area contributed by atoms with Crippen LogP contribution in [0.3, 0.4) is 0 Å². The number of ether oxygens (including phenoxy) is 1. The third-order valence-electron chi connectivity index (χ3n) is 2.88. The Kier molecular flexibility index (Phi) is 5.94. The van der Waals surface area contributed by atoms with E-state index >= 15 is 0 Å². The molecule has 3 nitrogen and oxygen atoms in total. The van der Waals surface area contributed by atoms with Crippen molar-refractivity contribution in [1.29, 1.82) is 0 Å². The van der Waals surface area contributed by atoms with Gasteiger partial charge in [0.2, 0.25) is 5.91 Å². The molecule has 100 valence electrons. The molecular formula is C15H23NO2. The first-order chi connectivity index (χ1) is 8.49. The zero-order valence-electron chi connectivity index (χ0n) is 11.7. The zero-order chi connectivity index (χ0) is 13.5. The lowest BCUT2D eigenvalue weighted by molar-refractivity contribution is -0.138. The Labute approximate surface area is 110 Å². The number of amides is 1. The van der Waals surface area contributed by atoms with Gasteiger partial charge in [0, 0.05) is 19.0 Å². The topological polar surface area (TPSA) is 29.5 Å². The summed E-state index contributed by atoms with van der Waals surface area (Å²) in [6, 6.07) is 0. The van der Waals surface area contributed by atoms with E-state index in [1.54, 1.807) is 0 Å². The Bertz CT molecular complexity index is 354. The number of likely N-dealkylation sites (tertiary alicyclic amines) is 1. The standard InChI is InChI=1S/C15H23NO2/c1-12(2)5-6-14-7-9-16(10-8-14)15(17)11-18-13(3)4/h13-14H,1,7-11H2,2-4H3. The van der Waals surface area contributed by atoms with Crippen molar-refractivity contribution in [2.24, 2.45) is 5.92 Å². The molecule has 1 aliphatic rings. The molecule has 0 unspecified atom stereocenters. The first-order valence-corrected chi connectivity index (χ1v) is 6.55. The number of allylic oxidation sites excluding steroid dienone is 1. The maximum Gasteiger partial charge on any atom is 0.248 e. The van der Waals surface area contributed by atoms with E-state index in [0.29, 0.717) is 5.92 Å². The molecule has 0 atom stereocenters. The molecule has 1 aliphatic heterocycles. The van der Waals surface area contributed by atoms with Gasteiger partial charge in [-0.05, 0) is 39.2 Å². The second-order valence-corrected chi connectivity index (χ2v) is 5.06. The summed E-state index contributed by atoms with van der Waals surface area (Å²) in [5.41, 5.74) is 0.902. The first kappa shape index (κ1) is 14.8. The quantitative estimate of drug-likeness (QED) is 0.718. The summed E-state index contributed by atoms with van der Waals surface area (Å²) in [4.78, 5) is 13.7. The fraction of sp³-hybridized carbons (Fsp3) is 0.667. The minimum atomic E-state index is 0.0926. The van der Waals surface area contributed by atoms with Crippen LogP contribution in [0.15, 0.2) is 12.2 Å². The first-order valence-electron chi connectivity index (χ1n) is 6.55. The van der Waals surface area contributed by atoms with Crippen LogP contribution < -0.4 is 0 Å². The van der Waals surface area contributed by atoms with Gasteiger partial charge in [-0.15, -0.1) is 0 Å². The number of nitrogens with zero attached hydrogens (tertiary/aromatic N) is 1. The minimum Gasteiger partial charge on any atom is -0.369 e. The van der Waals surface area contributed by atoms with Gasteiger partial charge in [-0.3, -0.25) is 4.79 Å². The van der Waals surface area contributed by atoms with Gasteiger partial charge in [-0.25, -0.2) is 0 Å². The van der Waals surface area contributed by atoms with Gasteiger partial charge in [0.15, 0.2) is 0 Å². The number of piperidine rings is 1. The average molecular weight is 249 g/mol. The van der Waals surface area contributed by atoms with Gasteiger partial charge < -0.3 is 9.64 Å². The minimum absolute atomic E-state index is 0.0926. The van der Waals surface area contributed by atoms with E-state index in [2.05, 4.69) is 18.4 Å². The molecule has 0 spiro atoms. The summed E-state index contributed by atoms with van der Waals surface area (Å²) >= 11 is 0. The van der Waals surface area contributed by atoms with Gasteiger partial charge in [0.25, 0.3) is 0 Å². The van der Waals surface area contributed by atoms with Crippen LogP contribution in [0.4, 0.5) is 0 Å². The van der Waals surface area contributed by atoms with Crippen molar-refractivity contribution in [2.75, 3.05) is 19.7 Å². The van der Waals surface area contributed by atoms with E-state index in [1.807, 2.05) is 25.7 Å². The van der Waals surface area contributed by atoms with E-state index in [-0.39, 0.29) is 18.6 Å². The van der Waals surface area contributed by atoms with Crippen LogP contribution in [0.2, 0.25) is 0 Å².